The number of rotatable bonds is 7. The molecule has 1 heterocycles. The molecular formula is C17H23BrN2O. The highest BCUT2D eigenvalue weighted by Crippen LogP contribution is 2.30. The molecule has 0 aliphatic heterocycles. The number of benzene rings is 1. The van der Waals surface area contributed by atoms with E-state index in [-0.39, 0.29) is 0 Å². The summed E-state index contributed by atoms with van der Waals surface area (Å²) < 4.78 is 5.37. The van der Waals surface area contributed by atoms with Gasteiger partial charge in [-0.15, -0.1) is 0 Å². The van der Waals surface area contributed by atoms with Crippen LogP contribution in [0, 0.1) is 0 Å². The van der Waals surface area contributed by atoms with E-state index in [4.69, 9.17) is 4.74 Å². The number of halogens is 1. The Bertz CT molecular complexity index is 584. The zero-order chi connectivity index (χ0) is 15.2. The maximum atomic E-state index is 5.37. The number of aromatic nitrogens is 1. The van der Waals surface area contributed by atoms with Crippen molar-refractivity contribution in [2.24, 2.45) is 0 Å². The Morgan fingerprint density at radius 3 is 2.62 bits per heavy atom. The third-order valence-corrected chi connectivity index (χ3v) is 4.29. The Morgan fingerprint density at radius 2 is 2.00 bits per heavy atom. The summed E-state index contributed by atoms with van der Waals surface area (Å²) in [5, 5.41) is 3.29. The average Bonchev–Trinajstić information content (AvgIpc) is 2.54. The minimum Gasteiger partial charge on any atom is -0.497 e. The smallest absolute Gasteiger partial charge is 0.136 e. The average molecular weight is 351 g/mol. The van der Waals surface area contributed by atoms with Gasteiger partial charge in [0.1, 0.15) is 11.6 Å². The van der Waals surface area contributed by atoms with Crippen LogP contribution in [0.4, 0.5) is 5.82 Å². The number of methoxy groups -OCH3 is 1. The van der Waals surface area contributed by atoms with Gasteiger partial charge in [-0.05, 0) is 36.4 Å². The molecule has 0 radical (unpaired) electrons. The molecule has 0 fully saturated rings. The number of fused-ring (bicyclic) bond motifs is 1. The Kier molecular flexibility index (Phi) is 5.85. The number of alkyl halides is 1. The molecule has 0 saturated heterocycles. The molecular weight excluding hydrogens is 328 g/mol. The molecule has 0 N–H and O–H groups in total. The molecule has 1 aromatic heterocycles. The SMILES string of the molecule is CCC(CC)N(CCBr)c1nccc2ccc(OC)cc12. The molecule has 0 saturated carbocycles. The van der Waals surface area contributed by atoms with E-state index in [1.165, 1.54) is 5.39 Å². The van der Waals surface area contributed by atoms with Crippen molar-refractivity contribution in [2.75, 3.05) is 23.9 Å². The zero-order valence-electron chi connectivity index (χ0n) is 13.0. The minimum absolute atomic E-state index is 0.506. The quantitative estimate of drug-likeness (QED) is 0.680. The lowest BCUT2D eigenvalue weighted by Crippen LogP contribution is -2.36. The summed E-state index contributed by atoms with van der Waals surface area (Å²) in [4.78, 5) is 7.08. The zero-order valence-corrected chi connectivity index (χ0v) is 14.6. The summed E-state index contributed by atoms with van der Waals surface area (Å²) >= 11 is 3.57. The summed E-state index contributed by atoms with van der Waals surface area (Å²) in [5.41, 5.74) is 0. The minimum atomic E-state index is 0.506. The third kappa shape index (κ3) is 3.49. The predicted molar refractivity (Wildman–Crippen MR) is 93.8 cm³/mol. The molecule has 114 valence electrons. The summed E-state index contributed by atoms with van der Waals surface area (Å²) in [6.45, 7) is 5.43. The third-order valence-electron chi connectivity index (χ3n) is 3.93. The maximum Gasteiger partial charge on any atom is 0.136 e. The van der Waals surface area contributed by atoms with Crippen LogP contribution in [0.1, 0.15) is 26.7 Å². The molecule has 0 aliphatic carbocycles. The maximum absolute atomic E-state index is 5.37. The molecule has 0 bridgehead atoms. The van der Waals surface area contributed by atoms with E-state index in [9.17, 15) is 0 Å². The van der Waals surface area contributed by atoms with Crippen LogP contribution in [0.3, 0.4) is 0 Å². The molecule has 0 unspecified atom stereocenters. The fraction of sp³-hybridized carbons (Fsp3) is 0.471. The summed E-state index contributed by atoms with van der Waals surface area (Å²) in [5.74, 6) is 1.93. The number of ether oxygens (including phenoxy) is 1. The predicted octanol–water partition coefficient (Wildman–Crippen LogP) is 4.63. The lowest BCUT2D eigenvalue weighted by atomic mass is 10.1. The van der Waals surface area contributed by atoms with Crippen LogP contribution in [0.25, 0.3) is 10.8 Å². The van der Waals surface area contributed by atoms with Gasteiger partial charge in [-0.2, -0.15) is 0 Å². The molecule has 3 nitrogen and oxygen atoms in total. The summed E-state index contributed by atoms with van der Waals surface area (Å²) in [6, 6.07) is 8.74. The van der Waals surface area contributed by atoms with Crippen LogP contribution in [0.5, 0.6) is 5.75 Å². The molecule has 21 heavy (non-hydrogen) atoms. The van der Waals surface area contributed by atoms with Gasteiger partial charge in [0.2, 0.25) is 0 Å². The second-order valence-electron chi connectivity index (χ2n) is 5.07. The first kappa shape index (κ1) is 16.1. The normalized spacial score (nSPS) is 11.1. The number of hydrogen-bond donors (Lipinski definition) is 0. The fourth-order valence-electron chi connectivity index (χ4n) is 2.77. The van der Waals surface area contributed by atoms with Crippen molar-refractivity contribution < 1.29 is 4.74 Å². The standard InChI is InChI=1S/C17H23BrN2O/c1-4-14(5-2)20(11-9-18)17-16-12-15(21-3)7-6-13(16)8-10-19-17/h6-8,10,12,14H,4-5,9,11H2,1-3H3. The first-order valence-corrected chi connectivity index (χ1v) is 8.62. The van der Waals surface area contributed by atoms with Crippen molar-refractivity contribution in [2.45, 2.75) is 32.7 Å². The first-order chi connectivity index (χ1) is 10.2. The molecule has 0 aliphatic rings. The van der Waals surface area contributed by atoms with E-state index >= 15 is 0 Å². The van der Waals surface area contributed by atoms with Crippen LogP contribution in [0.2, 0.25) is 0 Å². The molecule has 2 rings (SSSR count). The highest BCUT2D eigenvalue weighted by molar-refractivity contribution is 9.09. The van der Waals surface area contributed by atoms with Crippen molar-refractivity contribution in [3.05, 3.63) is 30.5 Å². The van der Waals surface area contributed by atoms with Crippen molar-refractivity contribution in [1.29, 1.82) is 0 Å². The van der Waals surface area contributed by atoms with Gasteiger partial charge in [-0.3, -0.25) is 0 Å². The Morgan fingerprint density at radius 1 is 1.24 bits per heavy atom. The monoisotopic (exact) mass is 350 g/mol. The van der Waals surface area contributed by atoms with Crippen LogP contribution in [-0.4, -0.2) is 30.0 Å². The Labute approximate surface area is 135 Å². The van der Waals surface area contributed by atoms with Gasteiger partial charge in [0, 0.05) is 29.5 Å². The van der Waals surface area contributed by atoms with E-state index in [1.807, 2.05) is 12.3 Å². The van der Waals surface area contributed by atoms with Crippen molar-refractivity contribution in [3.63, 3.8) is 0 Å². The first-order valence-electron chi connectivity index (χ1n) is 7.50. The van der Waals surface area contributed by atoms with Crippen molar-refractivity contribution in [1.82, 2.24) is 4.98 Å². The lowest BCUT2D eigenvalue weighted by Gasteiger charge is -2.32. The molecule has 1 aromatic carbocycles. The van der Waals surface area contributed by atoms with Crippen molar-refractivity contribution in [3.8, 4) is 5.75 Å². The van der Waals surface area contributed by atoms with Crippen LogP contribution in [0.15, 0.2) is 30.5 Å². The van der Waals surface area contributed by atoms with E-state index < -0.39 is 0 Å². The van der Waals surface area contributed by atoms with Crippen LogP contribution >= 0.6 is 15.9 Å². The number of nitrogens with zero attached hydrogens (tertiary/aromatic N) is 2. The number of anilines is 1. The fourth-order valence-corrected chi connectivity index (χ4v) is 3.15. The topological polar surface area (TPSA) is 25.4 Å². The van der Waals surface area contributed by atoms with Crippen LogP contribution in [-0.2, 0) is 0 Å². The molecule has 2 aromatic rings. The highest BCUT2D eigenvalue weighted by Gasteiger charge is 2.18. The van der Waals surface area contributed by atoms with Gasteiger partial charge in [-0.25, -0.2) is 4.98 Å². The Balaban J connectivity index is 2.55. The van der Waals surface area contributed by atoms with E-state index in [0.29, 0.717) is 6.04 Å². The number of pyridine rings is 1. The summed E-state index contributed by atoms with van der Waals surface area (Å²) in [6.07, 6.45) is 4.13. The molecule has 4 heteroatoms. The second kappa shape index (κ2) is 7.64. The Hall–Kier alpha value is -1.29. The van der Waals surface area contributed by atoms with Gasteiger partial charge >= 0.3 is 0 Å². The van der Waals surface area contributed by atoms with Gasteiger partial charge in [0.15, 0.2) is 0 Å². The van der Waals surface area contributed by atoms with Gasteiger partial charge in [0.05, 0.1) is 7.11 Å². The van der Waals surface area contributed by atoms with E-state index in [1.54, 1.807) is 7.11 Å². The molecule has 0 spiro atoms. The molecule has 0 atom stereocenters. The van der Waals surface area contributed by atoms with Gasteiger partial charge in [0.25, 0.3) is 0 Å². The number of hydrogen-bond acceptors (Lipinski definition) is 3. The van der Waals surface area contributed by atoms with Gasteiger partial charge < -0.3 is 9.64 Å². The summed E-state index contributed by atoms with van der Waals surface area (Å²) in [7, 11) is 1.70. The van der Waals surface area contributed by atoms with E-state index in [0.717, 1.165) is 41.7 Å². The largest absolute Gasteiger partial charge is 0.497 e. The van der Waals surface area contributed by atoms with Crippen LogP contribution < -0.4 is 9.64 Å². The highest BCUT2D eigenvalue weighted by atomic mass is 79.9. The van der Waals surface area contributed by atoms with Gasteiger partial charge in [-0.1, -0.05) is 35.8 Å². The second-order valence-corrected chi connectivity index (χ2v) is 5.87. The van der Waals surface area contributed by atoms with Crippen molar-refractivity contribution >= 4 is 32.5 Å². The van der Waals surface area contributed by atoms with E-state index in [2.05, 4.69) is 57.9 Å². The lowest BCUT2D eigenvalue weighted by molar-refractivity contribution is 0.415. The molecule has 0 amide bonds.